The van der Waals surface area contributed by atoms with E-state index in [0.717, 1.165) is 0 Å². The summed E-state index contributed by atoms with van der Waals surface area (Å²) in [6.45, 7) is 6.25. The monoisotopic (exact) mass is 119 g/mol. The average Bonchev–Trinajstić information content (AvgIpc) is 0.811. The molecule has 0 saturated carbocycles. The number of hydrogen-bond donors (Lipinski definition) is 0. The van der Waals surface area contributed by atoms with E-state index in [1.165, 1.54) is 5.92 Å². The van der Waals surface area contributed by atoms with E-state index in [1.807, 2.05) is 0 Å². The van der Waals surface area contributed by atoms with Gasteiger partial charge in [0, 0.05) is 29.6 Å². The summed E-state index contributed by atoms with van der Waals surface area (Å²) in [7, 11) is 0. The van der Waals surface area contributed by atoms with Gasteiger partial charge in [-0.05, 0) is 0 Å². The molecule has 2 heteroatoms. The zero-order chi connectivity index (χ0) is 3.58. The molecule has 0 saturated heterocycles. The van der Waals surface area contributed by atoms with Gasteiger partial charge in [0.2, 0.25) is 0 Å². The minimum atomic E-state index is 0. The van der Waals surface area contributed by atoms with Gasteiger partial charge in [-0.25, -0.2) is 0 Å². The van der Waals surface area contributed by atoms with Crippen LogP contribution in [0.25, 0.3) is 0 Å². The third-order valence-corrected chi connectivity index (χ3v) is 0. The molecule has 0 nitrogen and oxygen atoms in total. The smallest absolute Gasteiger partial charge is 0.323 e. The van der Waals surface area contributed by atoms with Crippen molar-refractivity contribution >= 4 is 29.6 Å². The van der Waals surface area contributed by atoms with E-state index in [-0.39, 0.29) is 80.9 Å². The summed E-state index contributed by atoms with van der Waals surface area (Å²) in [4.78, 5) is 0. The number of hydrogen-bond acceptors (Lipinski definition) is 0. The second-order valence-corrected chi connectivity index (χ2v) is 1.50. The van der Waals surface area contributed by atoms with Gasteiger partial charge in [-0.2, -0.15) is 20.8 Å². The fourth-order valence-electron chi connectivity index (χ4n) is 0. The maximum atomic E-state index is 2.08. The van der Waals surface area contributed by atoms with Crippen molar-refractivity contribution in [2.75, 3.05) is 0 Å². The van der Waals surface area contributed by atoms with Gasteiger partial charge in [0.15, 0.2) is 0 Å². The Kier molecular flexibility index (Phi) is 28.0. The van der Waals surface area contributed by atoms with Crippen molar-refractivity contribution in [3.05, 3.63) is 5.92 Å². The van der Waals surface area contributed by atoms with Crippen LogP contribution in [-0.4, -0.2) is 29.6 Å². The van der Waals surface area contributed by atoms with Crippen molar-refractivity contribution in [1.82, 2.24) is 0 Å². The Hall–Kier alpha value is 2.64. The normalized spacial score (nSPS) is 6.00. The van der Waals surface area contributed by atoms with E-state index in [4.69, 9.17) is 0 Å². The molecule has 0 aromatic heterocycles. The third-order valence-electron chi connectivity index (χ3n) is 0. The van der Waals surface area contributed by atoms with Crippen LogP contribution in [0.5, 0.6) is 0 Å². The van der Waals surface area contributed by atoms with Crippen molar-refractivity contribution in [1.29, 1.82) is 0 Å². The molecule has 0 aromatic carbocycles. The first kappa shape index (κ1) is 15.9. The summed E-state index contributed by atoms with van der Waals surface area (Å²) in [6.07, 6.45) is 0. The fourth-order valence-corrected chi connectivity index (χ4v) is 0. The Morgan fingerprint density at radius 3 is 1.00 bits per heavy atom. The quantitative estimate of drug-likeness (QED) is 0.262. The maximum Gasteiger partial charge on any atom is 1.00 e. The molecule has 1 radical (unpaired) electrons. The van der Waals surface area contributed by atoms with Crippen molar-refractivity contribution in [2.24, 2.45) is 0 Å². The minimum Gasteiger partial charge on any atom is -0.323 e. The predicted octanol–water partition coefficient (Wildman–Crippen LogP) is -1.76. The Balaban J connectivity index is -0.0000000450. The van der Waals surface area contributed by atoms with Crippen molar-refractivity contribution in [3.63, 3.8) is 0 Å². The molecular formula is C4H9KNa. The molecule has 0 spiro atoms. The molecule has 0 N–H and O–H groups in total. The van der Waals surface area contributed by atoms with Crippen LogP contribution in [0.15, 0.2) is 0 Å². The Labute approximate surface area is 105 Å². The third kappa shape index (κ3) is 30.3. The Morgan fingerprint density at radius 2 is 1.00 bits per heavy atom. The van der Waals surface area contributed by atoms with Crippen molar-refractivity contribution in [2.45, 2.75) is 20.8 Å². The summed E-state index contributed by atoms with van der Waals surface area (Å²) in [5.41, 5.74) is 0. The van der Waals surface area contributed by atoms with Gasteiger partial charge in [0.05, 0.1) is 0 Å². The molecule has 0 rings (SSSR count). The second kappa shape index (κ2) is 10.6. The van der Waals surface area contributed by atoms with Gasteiger partial charge in [-0.15, -0.1) is 0 Å². The van der Waals surface area contributed by atoms with Crippen LogP contribution in [0, 0.1) is 5.92 Å². The molecule has 0 bridgehead atoms. The van der Waals surface area contributed by atoms with E-state index in [2.05, 4.69) is 20.8 Å². The van der Waals surface area contributed by atoms with Gasteiger partial charge in [0.25, 0.3) is 0 Å². The van der Waals surface area contributed by atoms with Crippen LogP contribution in [0.3, 0.4) is 0 Å². The van der Waals surface area contributed by atoms with Gasteiger partial charge in [-0.3, -0.25) is 0 Å². The van der Waals surface area contributed by atoms with E-state index < -0.39 is 0 Å². The van der Waals surface area contributed by atoms with Gasteiger partial charge in [-0.1, -0.05) is 0 Å². The van der Waals surface area contributed by atoms with Crippen LogP contribution in [-0.2, 0) is 0 Å². The van der Waals surface area contributed by atoms with Crippen LogP contribution >= 0.6 is 0 Å². The van der Waals surface area contributed by atoms with Crippen LogP contribution in [0.4, 0.5) is 0 Å². The first-order valence-corrected chi connectivity index (χ1v) is 1.50. The molecule has 0 aliphatic carbocycles. The molecule has 6 heavy (non-hydrogen) atoms. The molecule has 0 heterocycles. The minimum absolute atomic E-state index is 0. The van der Waals surface area contributed by atoms with Crippen LogP contribution < -0.4 is 51.4 Å². The summed E-state index contributed by atoms with van der Waals surface area (Å²) in [5, 5.41) is 0. The zero-order valence-electron chi connectivity index (χ0n) is 5.50. The molecule has 0 aromatic rings. The molecule has 0 amide bonds. The van der Waals surface area contributed by atoms with Crippen LogP contribution in [0.2, 0.25) is 0 Å². The van der Waals surface area contributed by atoms with Crippen molar-refractivity contribution in [3.8, 4) is 0 Å². The summed E-state index contributed by atoms with van der Waals surface area (Å²) >= 11 is 0. The van der Waals surface area contributed by atoms with E-state index in [0.29, 0.717) is 0 Å². The largest absolute Gasteiger partial charge is 1.00 e. The zero-order valence-corrected chi connectivity index (χ0v) is 10.6. The Morgan fingerprint density at radius 1 is 1.00 bits per heavy atom. The average molecular weight is 119 g/mol. The fraction of sp³-hybridized carbons (Fsp3) is 0.750. The van der Waals surface area contributed by atoms with Gasteiger partial charge in [0.1, 0.15) is 0 Å². The summed E-state index contributed by atoms with van der Waals surface area (Å²) in [5.74, 6) is 1.42. The maximum absolute atomic E-state index is 2.08. The molecule has 0 fully saturated rings. The molecule has 0 aliphatic heterocycles. The molecular weight excluding hydrogens is 110 g/mol. The standard InChI is InChI=1S/C4H9.K.Na/c1-4(2)3;;/h1-3H3;;/q-1;+1;. The van der Waals surface area contributed by atoms with Crippen LogP contribution in [0.1, 0.15) is 20.8 Å². The summed E-state index contributed by atoms with van der Waals surface area (Å²) < 4.78 is 0. The first-order chi connectivity index (χ1) is 1.73. The number of rotatable bonds is 0. The topological polar surface area (TPSA) is 0 Å². The molecule has 0 atom stereocenters. The summed E-state index contributed by atoms with van der Waals surface area (Å²) in [6, 6.07) is 0. The van der Waals surface area contributed by atoms with Gasteiger partial charge < -0.3 is 5.92 Å². The van der Waals surface area contributed by atoms with Gasteiger partial charge >= 0.3 is 51.4 Å². The van der Waals surface area contributed by atoms with Crippen molar-refractivity contribution < 1.29 is 51.4 Å². The predicted molar refractivity (Wildman–Crippen MR) is 26.0 cm³/mol. The first-order valence-electron chi connectivity index (χ1n) is 1.50. The second-order valence-electron chi connectivity index (χ2n) is 1.50. The Bertz CT molecular complexity index is 12.3. The molecule has 27 valence electrons. The molecule has 0 aliphatic rings. The van der Waals surface area contributed by atoms with E-state index in [1.54, 1.807) is 0 Å². The van der Waals surface area contributed by atoms with E-state index in [9.17, 15) is 0 Å². The molecule has 0 unspecified atom stereocenters. The SMILES string of the molecule is C[C-](C)C.[K+].[Na]. The van der Waals surface area contributed by atoms with E-state index >= 15 is 0 Å².